The quantitative estimate of drug-likeness (QED) is 0.847. The normalized spacial score (nSPS) is 12.6. The Kier molecular flexibility index (Phi) is 5.54. The monoisotopic (exact) mass is 256 g/mol. The highest BCUT2D eigenvalue weighted by molar-refractivity contribution is 5.50. The number of halogens is 2. The van der Waals surface area contributed by atoms with E-state index in [1.165, 1.54) is 12.1 Å². The molecule has 0 amide bonds. The smallest absolute Gasteiger partial charge is 0.149 e. The zero-order chi connectivity index (χ0) is 13.7. The topological polar surface area (TPSA) is 29.3 Å². The summed E-state index contributed by atoms with van der Waals surface area (Å²) in [6, 6.07) is 2.74. The number of hydrogen-bond donors (Lipinski definition) is 1. The molecule has 0 aliphatic carbocycles. The molecular formula is C14H22F2N2. The molecule has 0 bridgehead atoms. The van der Waals surface area contributed by atoms with E-state index in [4.69, 9.17) is 5.73 Å². The van der Waals surface area contributed by atoms with Gasteiger partial charge in [-0.1, -0.05) is 6.92 Å². The fraction of sp³-hybridized carbons (Fsp3) is 0.571. The summed E-state index contributed by atoms with van der Waals surface area (Å²) < 4.78 is 27.9. The molecular weight excluding hydrogens is 234 g/mol. The summed E-state index contributed by atoms with van der Waals surface area (Å²) in [6.45, 7) is 6.88. The molecule has 1 rings (SSSR count). The Bertz CT molecular complexity index is 366. The highest BCUT2D eigenvalue weighted by atomic mass is 19.1. The van der Waals surface area contributed by atoms with Gasteiger partial charge in [-0.15, -0.1) is 0 Å². The first kappa shape index (κ1) is 14.9. The van der Waals surface area contributed by atoms with Crippen molar-refractivity contribution in [3.05, 3.63) is 29.3 Å². The zero-order valence-corrected chi connectivity index (χ0v) is 11.3. The van der Waals surface area contributed by atoms with Crippen LogP contribution >= 0.6 is 0 Å². The number of nitrogens with two attached hydrogens (primary N) is 1. The summed E-state index contributed by atoms with van der Waals surface area (Å²) in [4.78, 5) is 1.67. The largest absolute Gasteiger partial charge is 0.367 e. The predicted molar refractivity (Wildman–Crippen MR) is 71.9 cm³/mol. The number of benzene rings is 1. The molecule has 2 N–H and O–H groups in total. The number of rotatable bonds is 6. The van der Waals surface area contributed by atoms with Crippen LogP contribution in [0.3, 0.4) is 0 Å². The maximum atomic E-state index is 14.0. The SMILES string of the molecule is CCC(N)Cc1cc(F)c(N(CC)CC)c(F)c1. The Balaban J connectivity index is 3.04. The van der Waals surface area contributed by atoms with Gasteiger partial charge in [0.05, 0.1) is 0 Å². The Morgan fingerprint density at radius 3 is 2.00 bits per heavy atom. The van der Waals surface area contributed by atoms with Crippen LogP contribution in [-0.2, 0) is 6.42 Å². The second-order valence-electron chi connectivity index (χ2n) is 4.45. The van der Waals surface area contributed by atoms with Gasteiger partial charge < -0.3 is 10.6 Å². The molecule has 0 saturated carbocycles. The predicted octanol–water partition coefficient (Wildman–Crippen LogP) is 3.09. The molecule has 102 valence electrons. The molecule has 1 atom stereocenters. The van der Waals surface area contributed by atoms with Gasteiger partial charge in [-0.3, -0.25) is 0 Å². The van der Waals surface area contributed by atoms with E-state index < -0.39 is 11.6 Å². The Morgan fingerprint density at radius 2 is 1.61 bits per heavy atom. The lowest BCUT2D eigenvalue weighted by Gasteiger charge is -2.23. The van der Waals surface area contributed by atoms with E-state index in [9.17, 15) is 8.78 Å². The fourth-order valence-corrected chi connectivity index (χ4v) is 2.02. The number of nitrogens with zero attached hydrogens (tertiary/aromatic N) is 1. The third-order valence-corrected chi connectivity index (χ3v) is 3.18. The maximum Gasteiger partial charge on any atom is 0.149 e. The summed E-state index contributed by atoms with van der Waals surface area (Å²) in [5, 5.41) is 0. The lowest BCUT2D eigenvalue weighted by atomic mass is 10.0. The second kappa shape index (κ2) is 6.69. The van der Waals surface area contributed by atoms with Crippen molar-refractivity contribution in [2.75, 3.05) is 18.0 Å². The van der Waals surface area contributed by atoms with Crippen LogP contribution in [0.25, 0.3) is 0 Å². The van der Waals surface area contributed by atoms with Crippen LogP contribution in [0.2, 0.25) is 0 Å². The molecule has 0 aliphatic heterocycles. The second-order valence-corrected chi connectivity index (χ2v) is 4.45. The van der Waals surface area contributed by atoms with Crippen molar-refractivity contribution in [2.24, 2.45) is 5.73 Å². The molecule has 0 radical (unpaired) electrons. The molecule has 1 aromatic carbocycles. The van der Waals surface area contributed by atoms with E-state index in [1.54, 1.807) is 4.90 Å². The van der Waals surface area contributed by atoms with Crippen molar-refractivity contribution >= 4 is 5.69 Å². The maximum absolute atomic E-state index is 14.0. The third kappa shape index (κ3) is 3.42. The van der Waals surface area contributed by atoms with Gasteiger partial charge in [-0.25, -0.2) is 8.78 Å². The summed E-state index contributed by atoms with van der Waals surface area (Å²) >= 11 is 0. The van der Waals surface area contributed by atoms with Gasteiger partial charge >= 0.3 is 0 Å². The molecule has 0 spiro atoms. The average molecular weight is 256 g/mol. The first-order chi connectivity index (χ1) is 8.53. The van der Waals surface area contributed by atoms with Gasteiger partial charge in [0.2, 0.25) is 0 Å². The third-order valence-electron chi connectivity index (χ3n) is 3.18. The molecule has 0 fully saturated rings. The molecule has 4 heteroatoms. The molecule has 1 unspecified atom stereocenters. The minimum Gasteiger partial charge on any atom is -0.367 e. The van der Waals surface area contributed by atoms with Gasteiger partial charge in [0.15, 0.2) is 0 Å². The van der Waals surface area contributed by atoms with E-state index in [0.717, 1.165) is 6.42 Å². The Labute approximate surface area is 108 Å². The van der Waals surface area contributed by atoms with Crippen LogP contribution < -0.4 is 10.6 Å². The van der Waals surface area contributed by atoms with Crippen molar-refractivity contribution in [3.63, 3.8) is 0 Å². The van der Waals surface area contributed by atoms with E-state index >= 15 is 0 Å². The zero-order valence-electron chi connectivity index (χ0n) is 11.3. The molecule has 0 heterocycles. The number of hydrogen-bond acceptors (Lipinski definition) is 2. The summed E-state index contributed by atoms with van der Waals surface area (Å²) in [7, 11) is 0. The van der Waals surface area contributed by atoms with E-state index in [0.29, 0.717) is 25.1 Å². The van der Waals surface area contributed by atoms with Gasteiger partial charge in [0.25, 0.3) is 0 Å². The lowest BCUT2D eigenvalue weighted by Crippen LogP contribution is -2.25. The van der Waals surface area contributed by atoms with Crippen molar-refractivity contribution in [2.45, 2.75) is 39.7 Å². The molecule has 1 aromatic rings. The van der Waals surface area contributed by atoms with Crippen molar-refractivity contribution in [3.8, 4) is 0 Å². The summed E-state index contributed by atoms with van der Waals surface area (Å²) in [6.07, 6.45) is 1.30. The highest BCUT2D eigenvalue weighted by Gasteiger charge is 2.16. The number of anilines is 1. The van der Waals surface area contributed by atoms with Crippen LogP contribution in [0, 0.1) is 11.6 Å². The first-order valence-electron chi connectivity index (χ1n) is 6.51. The van der Waals surface area contributed by atoms with E-state index in [-0.39, 0.29) is 11.7 Å². The van der Waals surface area contributed by atoms with Gasteiger partial charge in [-0.05, 0) is 44.4 Å². The highest BCUT2D eigenvalue weighted by Crippen LogP contribution is 2.25. The molecule has 18 heavy (non-hydrogen) atoms. The summed E-state index contributed by atoms with van der Waals surface area (Å²) in [5.74, 6) is -1.01. The van der Waals surface area contributed by atoms with Gasteiger partial charge in [-0.2, -0.15) is 0 Å². The van der Waals surface area contributed by atoms with Crippen molar-refractivity contribution in [1.29, 1.82) is 0 Å². The summed E-state index contributed by atoms with van der Waals surface area (Å²) in [5.41, 5.74) is 6.48. The van der Waals surface area contributed by atoms with Gasteiger partial charge in [0.1, 0.15) is 17.3 Å². The van der Waals surface area contributed by atoms with Crippen LogP contribution in [0.4, 0.5) is 14.5 Å². The standard InChI is InChI=1S/C14H22F2N2/c1-4-11(17)7-10-8-12(15)14(13(16)9-10)18(5-2)6-3/h8-9,11H,4-7,17H2,1-3H3. The molecule has 0 aliphatic rings. The first-order valence-corrected chi connectivity index (χ1v) is 6.51. The van der Waals surface area contributed by atoms with Crippen LogP contribution in [-0.4, -0.2) is 19.1 Å². The van der Waals surface area contributed by atoms with E-state index in [2.05, 4.69) is 0 Å². The minimum absolute atomic E-state index is 0.0527. The Morgan fingerprint density at radius 1 is 1.11 bits per heavy atom. The van der Waals surface area contributed by atoms with Crippen LogP contribution in [0.15, 0.2) is 12.1 Å². The van der Waals surface area contributed by atoms with E-state index in [1.807, 2.05) is 20.8 Å². The van der Waals surface area contributed by atoms with Crippen LogP contribution in [0.5, 0.6) is 0 Å². The van der Waals surface area contributed by atoms with Crippen molar-refractivity contribution in [1.82, 2.24) is 0 Å². The molecule has 2 nitrogen and oxygen atoms in total. The lowest BCUT2D eigenvalue weighted by molar-refractivity contribution is 0.565. The fourth-order valence-electron chi connectivity index (χ4n) is 2.02. The average Bonchev–Trinajstić information content (AvgIpc) is 2.33. The van der Waals surface area contributed by atoms with Crippen LogP contribution in [0.1, 0.15) is 32.8 Å². The van der Waals surface area contributed by atoms with Gasteiger partial charge in [0, 0.05) is 19.1 Å². The van der Waals surface area contributed by atoms with Crippen molar-refractivity contribution < 1.29 is 8.78 Å². The molecule has 0 saturated heterocycles. The Hall–Kier alpha value is -1.16. The minimum atomic E-state index is -0.503. The molecule has 0 aromatic heterocycles.